The van der Waals surface area contributed by atoms with Gasteiger partial charge in [0, 0.05) is 0 Å². The summed E-state index contributed by atoms with van der Waals surface area (Å²) in [7, 11) is 0. The van der Waals surface area contributed by atoms with E-state index in [0.29, 0.717) is 6.42 Å². The van der Waals surface area contributed by atoms with E-state index in [0.717, 1.165) is 36.4 Å². The first-order chi connectivity index (χ1) is 13.0. The van der Waals surface area contributed by atoms with Crippen LogP contribution in [0.5, 0.6) is 0 Å². The van der Waals surface area contributed by atoms with Gasteiger partial charge in [0.05, 0.1) is 18.9 Å². The lowest BCUT2D eigenvalue weighted by molar-refractivity contribution is 0.00746. The minimum absolute atomic E-state index is 0.0193. The highest BCUT2D eigenvalue weighted by Crippen LogP contribution is 2.26. The van der Waals surface area contributed by atoms with Crippen molar-refractivity contribution in [3.05, 3.63) is 22.5 Å². The van der Waals surface area contributed by atoms with Gasteiger partial charge in [-0.25, -0.2) is 14.0 Å². The Morgan fingerprint density at radius 1 is 1.41 bits per heavy atom. The highest BCUT2D eigenvalue weighted by molar-refractivity contribution is 7.79. The third-order valence-corrected chi connectivity index (χ3v) is 3.63. The molecule has 0 aromatic carbocycles. The van der Waals surface area contributed by atoms with E-state index >= 15 is 0 Å². The van der Waals surface area contributed by atoms with E-state index in [1.54, 1.807) is 6.26 Å². The molecule has 1 N–H and O–H groups in total. The predicted octanol–water partition coefficient (Wildman–Crippen LogP) is 4.39. The molecule has 0 bridgehead atoms. The van der Waals surface area contributed by atoms with Crippen molar-refractivity contribution in [2.24, 2.45) is 0 Å². The number of carbonyl (C=O) groups excluding carboxylic acids is 1. The molecule has 1 saturated heterocycles. The Kier molecular flexibility index (Phi) is 13.6. The second-order valence-electron chi connectivity index (χ2n) is 5.57. The number of nitrogens with one attached hydrogen (secondary N) is 1. The normalized spacial score (nSPS) is 17.9. The number of carbonyl (C=O) groups is 1. The number of nitrogens with zero attached hydrogens (tertiary/aromatic N) is 2. The predicted molar refractivity (Wildman–Crippen MR) is 108 cm³/mol. The van der Waals surface area contributed by atoms with Crippen LogP contribution in [0.2, 0.25) is 0 Å². The first-order valence-corrected chi connectivity index (χ1v) is 10.2. The van der Waals surface area contributed by atoms with Crippen LogP contribution in [0.15, 0.2) is 11.0 Å². The van der Waals surface area contributed by atoms with Gasteiger partial charge >= 0.3 is 11.8 Å². The van der Waals surface area contributed by atoms with Crippen LogP contribution < -0.4 is 11.0 Å². The average Bonchev–Trinajstić information content (AvgIpc) is 3.11. The van der Waals surface area contributed by atoms with Crippen molar-refractivity contribution in [3.63, 3.8) is 0 Å². The molecule has 156 valence electrons. The van der Waals surface area contributed by atoms with Gasteiger partial charge in [0.25, 0.3) is 0 Å². The number of hydrogen-bond acceptors (Lipinski definition) is 6. The van der Waals surface area contributed by atoms with Crippen molar-refractivity contribution in [2.75, 3.05) is 18.2 Å². The highest BCUT2D eigenvalue weighted by atomic mass is 32.1. The van der Waals surface area contributed by atoms with Crippen molar-refractivity contribution in [2.45, 2.75) is 72.1 Å². The average molecular weight is 406 g/mol. The summed E-state index contributed by atoms with van der Waals surface area (Å²) in [5, 5.41) is 2.15. The molecular formula is C18H32FN3O4S. The van der Waals surface area contributed by atoms with E-state index in [1.807, 2.05) is 27.7 Å². The zero-order valence-electron chi connectivity index (χ0n) is 16.8. The van der Waals surface area contributed by atoms with E-state index in [4.69, 9.17) is 9.47 Å². The molecule has 2 unspecified atom stereocenters. The molecule has 1 fully saturated rings. The Morgan fingerprint density at radius 2 is 2.07 bits per heavy atom. The number of amides is 1. The molecule has 1 aromatic heterocycles. The topological polar surface area (TPSA) is 82.5 Å². The summed E-state index contributed by atoms with van der Waals surface area (Å²) in [6.07, 6.45) is 5.47. The Morgan fingerprint density at radius 3 is 2.63 bits per heavy atom. The molecule has 1 aliphatic heterocycles. The van der Waals surface area contributed by atoms with Crippen LogP contribution in [0, 0.1) is 5.82 Å². The maximum absolute atomic E-state index is 14.0. The van der Waals surface area contributed by atoms with Gasteiger partial charge in [0.15, 0.2) is 11.6 Å². The number of anilines is 1. The van der Waals surface area contributed by atoms with Gasteiger partial charge in [0.2, 0.25) is 0 Å². The van der Waals surface area contributed by atoms with Gasteiger partial charge in [0.1, 0.15) is 6.23 Å². The van der Waals surface area contributed by atoms with Gasteiger partial charge in [-0.15, -0.1) is 0 Å². The van der Waals surface area contributed by atoms with E-state index in [-0.39, 0.29) is 12.7 Å². The lowest BCUT2D eigenvalue weighted by Crippen LogP contribution is -2.29. The van der Waals surface area contributed by atoms with Crippen molar-refractivity contribution in [1.82, 2.24) is 9.55 Å². The third kappa shape index (κ3) is 8.75. The first kappa shape index (κ1) is 25.4. The quantitative estimate of drug-likeness (QED) is 0.542. The molecule has 2 rings (SSSR count). The fourth-order valence-electron chi connectivity index (χ4n) is 2.38. The number of hydrogen-bond donors (Lipinski definition) is 2. The van der Waals surface area contributed by atoms with Crippen LogP contribution in [-0.4, -0.2) is 34.6 Å². The second-order valence-corrected chi connectivity index (χ2v) is 5.57. The molecule has 7 nitrogen and oxygen atoms in total. The number of unbranched alkanes of at least 4 members (excludes halogenated alkanes) is 2. The largest absolute Gasteiger partial charge is 0.449 e. The summed E-state index contributed by atoms with van der Waals surface area (Å²) in [6.45, 7) is 8.16. The molecule has 0 saturated carbocycles. The number of rotatable bonds is 6. The number of halogens is 1. The van der Waals surface area contributed by atoms with Crippen molar-refractivity contribution < 1.29 is 18.7 Å². The Labute approximate surface area is 166 Å². The van der Waals surface area contributed by atoms with Crippen LogP contribution in [0.1, 0.15) is 66.0 Å². The Bertz CT molecular complexity index is 613. The Hall–Kier alpha value is -1.61. The standard InChI is InChI=1S/C15H22FN3O4.C2H6.CH4S/c1-3-4-5-8-22-15(21)18-13-11(16)9-19(14(20)17-13)12-7-6-10(2)23-12;2*1-2/h9-10,12H,3-8H2,1-2H3,(H,17,18,20,21);1-2H3;2H,1H3. The maximum Gasteiger partial charge on any atom is 0.412 e. The molecular weight excluding hydrogens is 373 g/mol. The van der Waals surface area contributed by atoms with Crippen LogP contribution in [0.4, 0.5) is 15.0 Å². The lowest BCUT2D eigenvalue weighted by atomic mass is 10.2. The molecule has 0 radical (unpaired) electrons. The van der Waals surface area contributed by atoms with Crippen molar-refractivity contribution in [3.8, 4) is 0 Å². The molecule has 2 atom stereocenters. The fraction of sp³-hybridized carbons (Fsp3) is 0.722. The third-order valence-electron chi connectivity index (χ3n) is 3.63. The molecule has 1 aliphatic rings. The monoisotopic (exact) mass is 405 g/mol. The SMILES string of the molecule is CC.CCCCCOC(=O)Nc1nc(=O)n(C2CCC(C)O2)cc1F.CS. The molecule has 9 heteroatoms. The Balaban J connectivity index is 0.00000158. The number of aromatic nitrogens is 2. The zero-order chi connectivity index (χ0) is 20.8. The number of ether oxygens (including phenoxy) is 2. The minimum atomic E-state index is -0.824. The summed E-state index contributed by atoms with van der Waals surface area (Å²) < 4.78 is 25.6. The van der Waals surface area contributed by atoms with E-state index < -0.39 is 29.6 Å². The van der Waals surface area contributed by atoms with Gasteiger partial charge in [-0.1, -0.05) is 33.6 Å². The van der Waals surface area contributed by atoms with Crippen molar-refractivity contribution in [1.29, 1.82) is 0 Å². The lowest BCUT2D eigenvalue weighted by Gasteiger charge is -2.15. The van der Waals surface area contributed by atoms with Gasteiger partial charge in [-0.2, -0.15) is 17.6 Å². The van der Waals surface area contributed by atoms with Crippen LogP contribution in [0.25, 0.3) is 0 Å². The molecule has 1 amide bonds. The minimum Gasteiger partial charge on any atom is -0.449 e. The summed E-state index contributed by atoms with van der Waals surface area (Å²) >= 11 is 3.53. The van der Waals surface area contributed by atoms with Crippen LogP contribution in [-0.2, 0) is 9.47 Å². The van der Waals surface area contributed by atoms with Crippen molar-refractivity contribution >= 4 is 24.5 Å². The van der Waals surface area contributed by atoms with E-state index in [2.05, 4.69) is 22.9 Å². The molecule has 1 aromatic rings. The zero-order valence-corrected chi connectivity index (χ0v) is 17.7. The summed E-state index contributed by atoms with van der Waals surface area (Å²) in [4.78, 5) is 27.1. The summed E-state index contributed by atoms with van der Waals surface area (Å²) in [6, 6.07) is 0. The molecule has 0 aliphatic carbocycles. The molecule has 2 heterocycles. The smallest absolute Gasteiger partial charge is 0.412 e. The second kappa shape index (κ2) is 14.4. The van der Waals surface area contributed by atoms with Gasteiger partial charge in [-0.3, -0.25) is 9.88 Å². The van der Waals surface area contributed by atoms with Gasteiger partial charge in [-0.05, 0) is 32.4 Å². The highest BCUT2D eigenvalue weighted by Gasteiger charge is 2.25. The molecule has 27 heavy (non-hydrogen) atoms. The summed E-state index contributed by atoms with van der Waals surface area (Å²) in [5.41, 5.74) is -0.674. The fourth-order valence-corrected chi connectivity index (χ4v) is 2.38. The van der Waals surface area contributed by atoms with Crippen LogP contribution in [0.3, 0.4) is 0 Å². The van der Waals surface area contributed by atoms with Gasteiger partial charge < -0.3 is 9.47 Å². The first-order valence-electron chi connectivity index (χ1n) is 9.34. The summed E-state index contributed by atoms with van der Waals surface area (Å²) in [5.74, 6) is -1.24. The van der Waals surface area contributed by atoms with Crippen LogP contribution >= 0.6 is 12.6 Å². The maximum atomic E-state index is 14.0. The molecule has 0 spiro atoms. The van der Waals surface area contributed by atoms with E-state index in [9.17, 15) is 14.0 Å². The van der Waals surface area contributed by atoms with E-state index in [1.165, 1.54) is 0 Å². The number of thiol groups is 1.